The Morgan fingerprint density at radius 2 is 2.00 bits per heavy atom. The van der Waals surface area contributed by atoms with Gasteiger partial charge in [-0.3, -0.25) is 10.1 Å². The number of nitro benzene ring substituents is 1. The predicted octanol–water partition coefficient (Wildman–Crippen LogP) is 4.98. The molecule has 0 fully saturated rings. The molecule has 0 bridgehead atoms. The molecule has 3 rings (SSSR count). The molecule has 0 saturated heterocycles. The molecule has 0 aliphatic carbocycles. The molecule has 0 saturated carbocycles. The SMILES string of the molecule is O=[N+]([O-])c1cccc(NCc2csc(-c3ccc(Cl)cc3)n2)c1. The van der Waals surface area contributed by atoms with E-state index < -0.39 is 4.92 Å². The molecule has 7 heteroatoms. The van der Waals surface area contributed by atoms with Crippen LogP contribution in [-0.2, 0) is 6.54 Å². The molecule has 0 aliphatic rings. The van der Waals surface area contributed by atoms with Crippen molar-refractivity contribution < 1.29 is 4.92 Å². The van der Waals surface area contributed by atoms with Gasteiger partial charge in [0, 0.05) is 33.8 Å². The molecule has 1 aromatic heterocycles. The fourth-order valence-corrected chi connectivity index (χ4v) is 2.99. The highest BCUT2D eigenvalue weighted by molar-refractivity contribution is 7.13. The predicted molar refractivity (Wildman–Crippen MR) is 93.0 cm³/mol. The van der Waals surface area contributed by atoms with Crippen LogP contribution in [0.15, 0.2) is 53.9 Å². The first-order valence-electron chi connectivity index (χ1n) is 6.80. The lowest BCUT2D eigenvalue weighted by Gasteiger charge is -2.03. The Labute approximate surface area is 141 Å². The van der Waals surface area contributed by atoms with Crippen LogP contribution < -0.4 is 5.32 Å². The van der Waals surface area contributed by atoms with E-state index in [1.807, 2.05) is 29.6 Å². The van der Waals surface area contributed by atoms with Gasteiger partial charge in [-0.1, -0.05) is 29.8 Å². The zero-order valence-corrected chi connectivity index (χ0v) is 13.5. The second-order valence-corrected chi connectivity index (χ2v) is 6.11. The Hall–Kier alpha value is -2.44. The molecule has 0 amide bonds. The van der Waals surface area contributed by atoms with Crippen molar-refractivity contribution >= 4 is 34.3 Å². The van der Waals surface area contributed by atoms with Crippen LogP contribution in [0.5, 0.6) is 0 Å². The molecule has 23 heavy (non-hydrogen) atoms. The average molecular weight is 346 g/mol. The van der Waals surface area contributed by atoms with Crippen molar-refractivity contribution in [2.45, 2.75) is 6.54 Å². The Morgan fingerprint density at radius 1 is 1.22 bits per heavy atom. The number of non-ortho nitro benzene ring substituents is 1. The van der Waals surface area contributed by atoms with E-state index in [2.05, 4.69) is 10.3 Å². The van der Waals surface area contributed by atoms with E-state index in [1.165, 1.54) is 12.1 Å². The van der Waals surface area contributed by atoms with Crippen molar-refractivity contribution in [1.29, 1.82) is 0 Å². The highest BCUT2D eigenvalue weighted by Crippen LogP contribution is 2.25. The maximum absolute atomic E-state index is 10.8. The summed E-state index contributed by atoms with van der Waals surface area (Å²) in [5.74, 6) is 0. The second-order valence-electron chi connectivity index (χ2n) is 4.81. The topological polar surface area (TPSA) is 68.1 Å². The summed E-state index contributed by atoms with van der Waals surface area (Å²) < 4.78 is 0. The van der Waals surface area contributed by atoms with Gasteiger partial charge in [0.05, 0.1) is 17.2 Å². The number of aromatic nitrogens is 1. The van der Waals surface area contributed by atoms with Gasteiger partial charge in [-0.05, 0) is 18.2 Å². The summed E-state index contributed by atoms with van der Waals surface area (Å²) in [6, 6.07) is 13.9. The standard InChI is InChI=1S/C16H12ClN3O2S/c17-12-6-4-11(5-7-12)16-19-14(10-23-16)9-18-13-2-1-3-15(8-13)20(21)22/h1-8,10,18H,9H2. The fraction of sp³-hybridized carbons (Fsp3) is 0.0625. The summed E-state index contributed by atoms with van der Waals surface area (Å²) in [5, 5.41) is 17.5. The Balaban J connectivity index is 1.69. The molecule has 0 aliphatic heterocycles. The van der Waals surface area contributed by atoms with Gasteiger partial charge in [0.2, 0.25) is 0 Å². The summed E-state index contributed by atoms with van der Waals surface area (Å²) >= 11 is 7.43. The molecule has 0 atom stereocenters. The minimum atomic E-state index is -0.410. The first-order chi connectivity index (χ1) is 11.1. The van der Waals surface area contributed by atoms with Crippen LogP contribution in [0, 0.1) is 10.1 Å². The van der Waals surface area contributed by atoms with E-state index in [0.717, 1.165) is 16.3 Å². The summed E-state index contributed by atoms with van der Waals surface area (Å²) in [4.78, 5) is 14.9. The maximum Gasteiger partial charge on any atom is 0.271 e. The van der Waals surface area contributed by atoms with Gasteiger partial charge in [-0.2, -0.15) is 0 Å². The molecule has 0 radical (unpaired) electrons. The Kier molecular flexibility index (Phi) is 4.55. The highest BCUT2D eigenvalue weighted by atomic mass is 35.5. The van der Waals surface area contributed by atoms with Gasteiger partial charge in [-0.25, -0.2) is 4.98 Å². The molecule has 0 spiro atoms. The van der Waals surface area contributed by atoms with Crippen LogP contribution in [0.1, 0.15) is 5.69 Å². The molecular weight excluding hydrogens is 334 g/mol. The van der Waals surface area contributed by atoms with E-state index in [0.29, 0.717) is 17.3 Å². The van der Waals surface area contributed by atoms with Crippen molar-refractivity contribution in [3.8, 4) is 10.6 Å². The molecule has 3 aromatic rings. The van der Waals surface area contributed by atoms with Crippen LogP contribution in [0.2, 0.25) is 5.02 Å². The average Bonchev–Trinajstić information content (AvgIpc) is 3.03. The number of nitrogens with zero attached hydrogens (tertiary/aromatic N) is 2. The summed E-state index contributed by atoms with van der Waals surface area (Å²) in [7, 11) is 0. The van der Waals surface area contributed by atoms with Crippen molar-refractivity contribution in [3.05, 3.63) is 74.7 Å². The second kappa shape index (κ2) is 6.76. The number of nitrogens with one attached hydrogen (secondary N) is 1. The van der Waals surface area contributed by atoms with Gasteiger partial charge in [0.25, 0.3) is 5.69 Å². The lowest BCUT2D eigenvalue weighted by molar-refractivity contribution is -0.384. The highest BCUT2D eigenvalue weighted by Gasteiger charge is 2.07. The van der Waals surface area contributed by atoms with Gasteiger partial charge in [-0.15, -0.1) is 11.3 Å². The minimum Gasteiger partial charge on any atom is -0.379 e. The van der Waals surface area contributed by atoms with Crippen LogP contribution in [0.3, 0.4) is 0 Å². The number of nitro groups is 1. The van der Waals surface area contributed by atoms with E-state index in [1.54, 1.807) is 23.5 Å². The van der Waals surface area contributed by atoms with Gasteiger partial charge in [0.15, 0.2) is 0 Å². The van der Waals surface area contributed by atoms with Gasteiger partial charge < -0.3 is 5.32 Å². The quantitative estimate of drug-likeness (QED) is 0.522. The van der Waals surface area contributed by atoms with E-state index in [-0.39, 0.29) is 5.69 Å². The third kappa shape index (κ3) is 3.85. The van der Waals surface area contributed by atoms with Gasteiger partial charge in [0.1, 0.15) is 5.01 Å². The molecule has 116 valence electrons. The third-order valence-corrected chi connectivity index (χ3v) is 4.37. The number of thiazole rings is 1. The molecular formula is C16H12ClN3O2S. The van der Waals surface area contributed by atoms with Crippen LogP contribution in [0.4, 0.5) is 11.4 Å². The molecule has 0 unspecified atom stereocenters. The first kappa shape index (κ1) is 15.5. The maximum atomic E-state index is 10.8. The van der Waals surface area contributed by atoms with Crippen molar-refractivity contribution in [3.63, 3.8) is 0 Å². The van der Waals surface area contributed by atoms with Crippen molar-refractivity contribution in [2.75, 3.05) is 5.32 Å². The largest absolute Gasteiger partial charge is 0.379 e. The van der Waals surface area contributed by atoms with Gasteiger partial charge >= 0.3 is 0 Å². The summed E-state index contributed by atoms with van der Waals surface area (Å²) in [6.45, 7) is 0.505. The minimum absolute atomic E-state index is 0.0649. The lowest BCUT2D eigenvalue weighted by atomic mass is 10.2. The lowest BCUT2D eigenvalue weighted by Crippen LogP contribution is -2.00. The molecule has 1 heterocycles. The van der Waals surface area contributed by atoms with E-state index in [4.69, 9.17) is 11.6 Å². The molecule has 5 nitrogen and oxygen atoms in total. The summed E-state index contributed by atoms with van der Waals surface area (Å²) in [5.41, 5.74) is 2.66. The van der Waals surface area contributed by atoms with Crippen LogP contribution in [0.25, 0.3) is 10.6 Å². The normalized spacial score (nSPS) is 10.5. The fourth-order valence-electron chi connectivity index (χ4n) is 2.04. The first-order valence-corrected chi connectivity index (χ1v) is 8.06. The number of hydrogen-bond donors (Lipinski definition) is 1. The number of halogens is 1. The van der Waals surface area contributed by atoms with E-state index >= 15 is 0 Å². The number of benzene rings is 2. The smallest absolute Gasteiger partial charge is 0.271 e. The van der Waals surface area contributed by atoms with Crippen LogP contribution in [-0.4, -0.2) is 9.91 Å². The summed E-state index contributed by atoms with van der Waals surface area (Å²) in [6.07, 6.45) is 0. The van der Waals surface area contributed by atoms with E-state index in [9.17, 15) is 10.1 Å². The van der Waals surface area contributed by atoms with Crippen LogP contribution >= 0.6 is 22.9 Å². The van der Waals surface area contributed by atoms with Crippen molar-refractivity contribution in [2.24, 2.45) is 0 Å². The zero-order chi connectivity index (χ0) is 16.2. The third-order valence-electron chi connectivity index (χ3n) is 3.17. The van der Waals surface area contributed by atoms with Crippen molar-refractivity contribution in [1.82, 2.24) is 4.98 Å². The molecule has 1 N–H and O–H groups in total. The Bertz CT molecular complexity index is 833. The zero-order valence-electron chi connectivity index (χ0n) is 11.9. The Morgan fingerprint density at radius 3 is 2.74 bits per heavy atom. The monoisotopic (exact) mass is 345 g/mol. The number of rotatable bonds is 5. The number of anilines is 1. The number of hydrogen-bond acceptors (Lipinski definition) is 5. The molecule has 2 aromatic carbocycles.